The number of aliphatic hydroxyl groups excluding tert-OH is 1. The zero-order chi connectivity index (χ0) is 17.9. The largest absolute Gasteiger partial charge is 0.376 e. The number of benzene rings is 3. The quantitative estimate of drug-likeness (QED) is 0.734. The third-order valence-corrected chi connectivity index (χ3v) is 5.49. The number of hydrogen-bond acceptors (Lipinski definition) is 3. The van der Waals surface area contributed by atoms with Crippen LogP contribution < -0.4 is 0 Å². The molecule has 25 heavy (non-hydrogen) atoms. The van der Waals surface area contributed by atoms with Gasteiger partial charge in [-0.25, -0.2) is 8.42 Å². The van der Waals surface area contributed by atoms with Gasteiger partial charge in [0.25, 0.3) is 0 Å². The molecule has 0 saturated heterocycles. The zero-order valence-corrected chi connectivity index (χ0v) is 14.6. The lowest BCUT2D eigenvalue weighted by Gasteiger charge is -2.06. The third-order valence-electron chi connectivity index (χ3n) is 3.97. The van der Waals surface area contributed by atoms with E-state index in [4.69, 9.17) is 0 Å². The molecule has 0 fully saturated rings. The van der Waals surface area contributed by atoms with Crippen LogP contribution in [0.3, 0.4) is 0 Å². The van der Waals surface area contributed by atoms with Crippen LogP contribution in [0.1, 0.15) is 17.2 Å². The molecule has 0 aliphatic carbocycles. The lowest BCUT2D eigenvalue weighted by molar-refractivity contribution is 0.238. The summed E-state index contributed by atoms with van der Waals surface area (Å²) in [4.78, 5) is 0.243. The molecule has 1 N–H and O–H groups in total. The van der Waals surface area contributed by atoms with Crippen LogP contribution in [0.15, 0.2) is 71.6 Å². The van der Waals surface area contributed by atoms with E-state index >= 15 is 0 Å². The maximum Gasteiger partial charge on any atom is 0.189 e. The van der Waals surface area contributed by atoms with Crippen molar-refractivity contribution in [1.29, 1.82) is 0 Å². The standard InChI is InChI=1S/C21H18O3S/c1-16-8-12-20(13-9-16)25(23,24)14-4-7-21(22)19-11-10-17-5-2-3-6-18(17)15-19/h2-3,5-6,8-13,15,21-22H,14H2,1H3. The van der Waals surface area contributed by atoms with Gasteiger partial charge in [-0.3, -0.25) is 0 Å². The maximum absolute atomic E-state index is 12.3. The van der Waals surface area contributed by atoms with E-state index in [2.05, 4.69) is 11.8 Å². The predicted octanol–water partition coefficient (Wildman–Crippen LogP) is 3.66. The van der Waals surface area contributed by atoms with Crippen LogP contribution in [0.4, 0.5) is 0 Å². The Labute approximate surface area is 147 Å². The number of fused-ring (bicyclic) bond motifs is 1. The highest BCUT2D eigenvalue weighted by molar-refractivity contribution is 7.91. The van der Waals surface area contributed by atoms with E-state index in [1.54, 1.807) is 30.3 Å². The van der Waals surface area contributed by atoms with Gasteiger partial charge in [0.1, 0.15) is 11.9 Å². The van der Waals surface area contributed by atoms with Gasteiger partial charge in [-0.15, -0.1) is 0 Å². The van der Waals surface area contributed by atoms with Crippen molar-refractivity contribution in [3.63, 3.8) is 0 Å². The SMILES string of the molecule is Cc1ccc(S(=O)(=O)CC#CC(O)c2ccc3ccccc3c2)cc1. The van der Waals surface area contributed by atoms with Gasteiger partial charge in [-0.1, -0.05) is 65.9 Å². The number of rotatable bonds is 3. The van der Waals surface area contributed by atoms with Crippen LogP contribution >= 0.6 is 0 Å². The second-order valence-corrected chi connectivity index (χ2v) is 7.89. The molecule has 4 heteroatoms. The van der Waals surface area contributed by atoms with Crippen molar-refractivity contribution in [2.45, 2.75) is 17.9 Å². The van der Waals surface area contributed by atoms with Crippen molar-refractivity contribution in [1.82, 2.24) is 0 Å². The molecule has 0 saturated carbocycles. The van der Waals surface area contributed by atoms with Crippen molar-refractivity contribution < 1.29 is 13.5 Å². The van der Waals surface area contributed by atoms with Crippen LogP contribution in [0.2, 0.25) is 0 Å². The molecule has 1 unspecified atom stereocenters. The first-order valence-electron chi connectivity index (χ1n) is 7.90. The van der Waals surface area contributed by atoms with Gasteiger partial charge < -0.3 is 5.11 Å². The predicted molar refractivity (Wildman–Crippen MR) is 99.9 cm³/mol. The van der Waals surface area contributed by atoms with Gasteiger partial charge in [0, 0.05) is 0 Å². The maximum atomic E-state index is 12.3. The highest BCUT2D eigenvalue weighted by atomic mass is 32.2. The van der Waals surface area contributed by atoms with Crippen molar-refractivity contribution in [3.8, 4) is 11.8 Å². The summed E-state index contributed by atoms with van der Waals surface area (Å²) in [6, 6.07) is 20.1. The summed E-state index contributed by atoms with van der Waals surface area (Å²) in [7, 11) is -3.47. The van der Waals surface area contributed by atoms with Crippen molar-refractivity contribution >= 4 is 20.6 Å². The number of hydrogen-bond donors (Lipinski definition) is 1. The van der Waals surface area contributed by atoms with Crippen molar-refractivity contribution in [3.05, 3.63) is 77.9 Å². The lowest BCUT2D eigenvalue weighted by Crippen LogP contribution is -2.05. The fourth-order valence-corrected chi connectivity index (χ4v) is 3.51. The molecule has 0 heterocycles. The summed E-state index contributed by atoms with van der Waals surface area (Å²) in [5.41, 5.74) is 1.65. The Bertz CT molecular complexity index is 1060. The van der Waals surface area contributed by atoms with Crippen molar-refractivity contribution in [2.24, 2.45) is 0 Å². The van der Waals surface area contributed by atoms with Crippen LogP contribution in [0, 0.1) is 18.8 Å². The Kier molecular flexibility index (Phi) is 4.89. The first-order chi connectivity index (χ1) is 12.0. The minimum atomic E-state index is -3.47. The van der Waals surface area contributed by atoms with E-state index in [9.17, 15) is 13.5 Å². The van der Waals surface area contributed by atoms with Crippen LogP contribution in [-0.4, -0.2) is 19.3 Å². The molecule has 3 rings (SSSR count). The molecule has 0 bridgehead atoms. The molecule has 126 valence electrons. The van der Waals surface area contributed by atoms with Crippen LogP contribution in [0.25, 0.3) is 10.8 Å². The molecular weight excluding hydrogens is 332 g/mol. The Hall–Kier alpha value is -2.61. The van der Waals surface area contributed by atoms with E-state index < -0.39 is 15.9 Å². The normalized spacial score (nSPS) is 12.4. The Morgan fingerprint density at radius 2 is 1.64 bits per heavy atom. The summed E-state index contributed by atoms with van der Waals surface area (Å²) < 4.78 is 24.5. The molecule has 3 aromatic rings. The summed E-state index contributed by atoms with van der Waals surface area (Å²) >= 11 is 0. The van der Waals surface area contributed by atoms with E-state index in [1.807, 2.05) is 43.3 Å². The van der Waals surface area contributed by atoms with E-state index in [0.29, 0.717) is 5.56 Å². The summed E-state index contributed by atoms with van der Waals surface area (Å²) in [6.45, 7) is 1.90. The van der Waals surface area contributed by atoms with Gasteiger partial charge in [0.2, 0.25) is 0 Å². The molecule has 3 aromatic carbocycles. The Balaban J connectivity index is 1.76. The molecule has 0 radical (unpaired) electrons. The number of sulfone groups is 1. The van der Waals surface area contributed by atoms with Gasteiger partial charge in [0.05, 0.1) is 4.90 Å². The van der Waals surface area contributed by atoms with Crippen LogP contribution in [-0.2, 0) is 9.84 Å². The first kappa shape index (κ1) is 17.2. The minimum Gasteiger partial charge on any atom is -0.376 e. The fourth-order valence-electron chi connectivity index (χ4n) is 2.52. The van der Waals surface area contributed by atoms with Gasteiger partial charge in [-0.2, -0.15) is 0 Å². The highest BCUT2D eigenvalue weighted by Crippen LogP contribution is 2.20. The molecule has 0 amide bonds. The van der Waals surface area contributed by atoms with Gasteiger partial charge >= 0.3 is 0 Å². The van der Waals surface area contributed by atoms with E-state index in [1.165, 1.54) is 0 Å². The first-order valence-corrected chi connectivity index (χ1v) is 9.55. The molecule has 0 aliphatic rings. The smallest absolute Gasteiger partial charge is 0.189 e. The summed E-state index contributed by atoms with van der Waals surface area (Å²) in [5, 5.41) is 12.3. The van der Waals surface area contributed by atoms with E-state index in [-0.39, 0.29) is 10.6 Å². The summed E-state index contributed by atoms with van der Waals surface area (Å²) in [6.07, 6.45) is -1.02. The minimum absolute atomic E-state index is 0.243. The molecule has 3 nitrogen and oxygen atoms in total. The Morgan fingerprint density at radius 1 is 0.960 bits per heavy atom. The molecular formula is C21H18O3S. The molecule has 0 spiro atoms. The monoisotopic (exact) mass is 350 g/mol. The van der Waals surface area contributed by atoms with Gasteiger partial charge in [-0.05, 0) is 41.5 Å². The van der Waals surface area contributed by atoms with Crippen LogP contribution in [0.5, 0.6) is 0 Å². The second kappa shape index (κ2) is 7.10. The fraction of sp³-hybridized carbons (Fsp3) is 0.143. The zero-order valence-electron chi connectivity index (χ0n) is 13.8. The Morgan fingerprint density at radius 3 is 2.36 bits per heavy atom. The lowest BCUT2D eigenvalue weighted by atomic mass is 10.0. The molecule has 0 aliphatic heterocycles. The average Bonchev–Trinajstić information content (AvgIpc) is 2.61. The van der Waals surface area contributed by atoms with Crippen molar-refractivity contribution in [2.75, 3.05) is 5.75 Å². The molecule has 0 aromatic heterocycles. The third kappa shape index (κ3) is 4.08. The summed E-state index contributed by atoms with van der Waals surface area (Å²) in [5.74, 6) is 4.91. The number of aliphatic hydroxyl groups is 1. The topological polar surface area (TPSA) is 54.4 Å². The molecule has 1 atom stereocenters. The number of aryl methyl sites for hydroxylation is 1. The van der Waals surface area contributed by atoms with E-state index in [0.717, 1.165) is 16.3 Å². The average molecular weight is 350 g/mol. The van der Waals surface area contributed by atoms with Gasteiger partial charge in [0.15, 0.2) is 9.84 Å². The highest BCUT2D eigenvalue weighted by Gasteiger charge is 2.12. The second-order valence-electron chi connectivity index (χ2n) is 5.90.